The number of urea groups is 1. The quantitative estimate of drug-likeness (QED) is 0.415. The number of carbonyl (C=O) groups excluding carboxylic acids is 2. The van der Waals surface area contributed by atoms with Crippen LogP contribution in [0.2, 0.25) is 5.15 Å². The molecule has 1 atom stereocenters. The summed E-state index contributed by atoms with van der Waals surface area (Å²) in [4.78, 5) is 37.2. The Morgan fingerprint density at radius 1 is 1.28 bits per heavy atom. The van der Waals surface area contributed by atoms with Crippen molar-refractivity contribution in [2.45, 2.75) is 63.3 Å². The van der Waals surface area contributed by atoms with E-state index in [1.807, 2.05) is 32.6 Å². The molecule has 2 heterocycles. The number of nitrogens with zero attached hydrogens (tertiary/aromatic N) is 4. The molecule has 1 aromatic rings. The number of halogens is 1. The number of carbonyl (C=O) groups is 2. The summed E-state index contributed by atoms with van der Waals surface area (Å²) in [6.45, 7) is 9.83. The molecule has 1 aromatic heterocycles. The summed E-state index contributed by atoms with van der Waals surface area (Å²) >= 11 is 7.48. The Hall–Kier alpha value is -1.74. The van der Waals surface area contributed by atoms with Crippen molar-refractivity contribution in [1.82, 2.24) is 25.5 Å². The Kier molecular flexibility index (Phi) is 6.78. The lowest BCUT2D eigenvalue weighted by Crippen LogP contribution is -2.59. The summed E-state index contributed by atoms with van der Waals surface area (Å²) in [5.41, 5.74) is -0.272. The van der Waals surface area contributed by atoms with E-state index in [0.29, 0.717) is 36.0 Å². The van der Waals surface area contributed by atoms with Gasteiger partial charge in [-0.15, -0.1) is 0 Å². The Morgan fingerprint density at radius 2 is 2.00 bits per heavy atom. The van der Waals surface area contributed by atoms with E-state index in [-0.39, 0.29) is 29.3 Å². The SMILES string of the molecule is CC1CN(c2cc(Cl)nc(SCC(=O)NC3CC3)n2)CCN1C(=O)NC(C)(C)C. The Balaban J connectivity index is 1.59. The van der Waals surface area contributed by atoms with E-state index < -0.39 is 0 Å². The van der Waals surface area contributed by atoms with Gasteiger partial charge in [-0.1, -0.05) is 23.4 Å². The van der Waals surface area contributed by atoms with Crippen LogP contribution in [0.15, 0.2) is 11.2 Å². The number of nitrogens with one attached hydrogen (secondary N) is 2. The molecule has 10 heteroatoms. The minimum absolute atomic E-state index is 0.00489. The third-order valence-electron chi connectivity index (χ3n) is 4.63. The third kappa shape index (κ3) is 6.64. The molecule has 3 amide bonds. The molecule has 1 saturated heterocycles. The van der Waals surface area contributed by atoms with E-state index in [1.165, 1.54) is 11.8 Å². The molecule has 0 spiro atoms. The van der Waals surface area contributed by atoms with Gasteiger partial charge in [0, 0.05) is 43.3 Å². The van der Waals surface area contributed by atoms with Crippen LogP contribution in [0.3, 0.4) is 0 Å². The monoisotopic (exact) mass is 440 g/mol. The molecule has 0 radical (unpaired) electrons. The molecular formula is C19H29ClN6O2S. The van der Waals surface area contributed by atoms with Crippen molar-refractivity contribution < 1.29 is 9.59 Å². The predicted octanol–water partition coefficient (Wildman–Crippen LogP) is 2.52. The average Bonchev–Trinajstić information content (AvgIpc) is 3.41. The second-order valence-corrected chi connectivity index (χ2v) is 9.96. The molecule has 2 fully saturated rings. The van der Waals surface area contributed by atoms with Gasteiger partial charge < -0.3 is 20.4 Å². The summed E-state index contributed by atoms with van der Waals surface area (Å²) in [6.07, 6.45) is 2.12. The van der Waals surface area contributed by atoms with Gasteiger partial charge in [0.2, 0.25) is 5.91 Å². The van der Waals surface area contributed by atoms with E-state index in [2.05, 4.69) is 25.5 Å². The first kappa shape index (κ1) is 22.0. The number of amides is 3. The highest BCUT2D eigenvalue weighted by Gasteiger charge is 2.30. The lowest BCUT2D eigenvalue weighted by atomic mass is 10.1. The molecule has 1 aliphatic heterocycles. The molecule has 3 rings (SSSR count). The maximum Gasteiger partial charge on any atom is 0.318 e. The topological polar surface area (TPSA) is 90.5 Å². The van der Waals surface area contributed by atoms with Crippen molar-refractivity contribution in [2.75, 3.05) is 30.3 Å². The van der Waals surface area contributed by atoms with Crippen LogP contribution in [-0.2, 0) is 4.79 Å². The van der Waals surface area contributed by atoms with Crippen LogP contribution in [0.5, 0.6) is 0 Å². The first-order valence-electron chi connectivity index (χ1n) is 9.91. The van der Waals surface area contributed by atoms with Gasteiger partial charge in [0.05, 0.1) is 5.75 Å². The standard InChI is InChI=1S/C19H29ClN6O2S/c1-12-10-25(7-8-26(12)18(28)24-19(2,3)4)15-9-14(20)22-17(23-15)29-11-16(27)21-13-5-6-13/h9,12-13H,5-8,10-11H2,1-4H3,(H,21,27)(H,24,28). The van der Waals surface area contributed by atoms with Crippen molar-refractivity contribution in [2.24, 2.45) is 0 Å². The summed E-state index contributed by atoms with van der Waals surface area (Å²) < 4.78 is 0. The van der Waals surface area contributed by atoms with Crippen molar-refractivity contribution in [3.8, 4) is 0 Å². The van der Waals surface area contributed by atoms with Gasteiger partial charge in [-0.2, -0.15) is 0 Å². The zero-order valence-corrected chi connectivity index (χ0v) is 18.9. The summed E-state index contributed by atoms with van der Waals surface area (Å²) in [5.74, 6) is 0.987. The Labute approximate surface area is 181 Å². The number of thioether (sulfide) groups is 1. The first-order valence-corrected chi connectivity index (χ1v) is 11.3. The van der Waals surface area contributed by atoms with Crippen molar-refractivity contribution in [1.29, 1.82) is 0 Å². The molecule has 2 aliphatic rings. The van der Waals surface area contributed by atoms with Gasteiger partial charge in [0.1, 0.15) is 11.0 Å². The average molecular weight is 441 g/mol. The maximum atomic E-state index is 12.5. The highest BCUT2D eigenvalue weighted by Crippen LogP contribution is 2.25. The van der Waals surface area contributed by atoms with Gasteiger partial charge in [0.25, 0.3) is 0 Å². The fraction of sp³-hybridized carbons (Fsp3) is 0.684. The number of piperazine rings is 1. The van der Waals surface area contributed by atoms with Crippen LogP contribution in [0, 0.1) is 0 Å². The van der Waals surface area contributed by atoms with E-state index >= 15 is 0 Å². The number of hydrogen-bond acceptors (Lipinski definition) is 6. The first-order chi connectivity index (χ1) is 13.6. The van der Waals surface area contributed by atoms with Crippen LogP contribution in [0.25, 0.3) is 0 Å². The summed E-state index contributed by atoms with van der Waals surface area (Å²) in [5, 5.41) is 6.80. The number of hydrogen-bond donors (Lipinski definition) is 2. The van der Waals surface area contributed by atoms with Gasteiger partial charge in [-0.05, 0) is 40.5 Å². The molecule has 1 aliphatic carbocycles. The fourth-order valence-electron chi connectivity index (χ4n) is 3.10. The molecule has 0 bridgehead atoms. The Morgan fingerprint density at radius 3 is 2.62 bits per heavy atom. The fourth-order valence-corrected chi connectivity index (χ4v) is 3.99. The maximum absolute atomic E-state index is 12.5. The highest BCUT2D eigenvalue weighted by atomic mass is 35.5. The molecule has 160 valence electrons. The molecule has 29 heavy (non-hydrogen) atoms. The van der Waals surface area contributed by atoms with Gasteiger partial charge in [-0.25, -0.2) is 14.8 Å². The van der Waals surface area contributed by atoms with Gasteiger partial charge >= 0.3 is 6.03 Å². The second-order valence-electron chi connectivity index (χ2n) is 8.63. The van der Waals surface area contributed by atoms with E-state index in [4.69, 9.17) is 11.6 Å². The number of anilines is 1. The van der Waals surface area contributed by atoms with Crippen LogP contribution in [0.1, 0.15) is 40.5 Å². The number of rotatable bonds is 5. The largest absolute Gasteiger partial charge is 0.353 e. The van der Waals surface area contributed by atoms with Crippen molar-refractivity contribution in [3.05, 3.63) is 11.2 Å². The second kappa shape index (κ2) is 8.95. The van der Waals surface area contributed by atoms with E-state index in [0.717, 1.165) is 18.7 Å². The highest BCUT2D eigenvalue weighted by molar-refractivity contribution is 7.99. The molecule has 1 saturated carbocycles. The van der Waals surface area contributed by atoms with Crippen LogP contribution < -0.4 is 15.5 Å². The smallest absolute Gasteiger partial charge is 0.318 e. The zero-order valence-electron chi connectivity index (χ0n) is 17.4. The van der Waals surface area contributed by atoms with Crippen LogP contribution >= 0.6 is 23.4 Å². The van der Waals surface area contributed by atoms with Gasteiger partial charge in [0.15, 0.2) is 5.16 Å². The minimum atomic E-state index is -0.272. The van der Waals surface area contributed by atoms with Crippen molar-refractivity contribution >= 4 is 41.1 Å². The molecular weight excluding hydrogens is 412 g/mol. The molecule has 8 nitrogen and oxygen atoms in total. The molecule has 1 unspecified atom stereocenters. The molecule has 0 aromatic carbocycles. The van der Waals surface area contributed by atoms with Crippen LogP contribution in [-0.4, -0.2) is 69.8 Å². The van der Waals surface area contributed by atoms with Gasteiger partial charge in [-0.3, -0.25) is 4.79 Å². The molecule has 2 N–H and O–H groups in total. The summed E-state index contributed by atoms with van der Waals surface area (Å²) in [7, 11) is 0. The van der Waals surface area contributed by atoms with E-state index in [9.17, 15) is 9.59 Å². The summed E-state index contributed by atoms with van der Waals surface area (Å²) in [6, 6.07) is 2.05. The lowest BCUT2D eigenvalue weighted by Gasteiger charge is -2.41. The third-order valence-corrected chi connectivity index (χ3v) is 5.67. The van der Waals surface area contributed by atoms with E-state index in [1.54, 1.807) is 6.07 Å². The minimum Gasteiger partial charge on any atom is -0.353 e. The van der Waals surface area contributed by atoms with Crippen LogP contribution in [0.4, 0.5) is 10.6 Å². The normalized spacial score (nSPS) is 19.8. The lowest BCUT2D eigenvalue weighted by molar-refractivity contribution is -0.118. The number of aromatic nitrogens is 2. The zero-order chi connectivity index (χ0) is 21.2. The Bertz CT molecular complexity index is 768. The predicted molar refractivity (Wildman–Crippen MR) is 116 cm³/mol. The van der Waals surface area contributed by atoms with Crippen molar-refractivity contribution in [3.63, 3.8) is 0 Å².